The molecule has 2 heterocycles. The van der Waals surface area contributed by atoms with Crippen molar-refractivity contribution in [1.29, 1.82) is 5.26 Å². The molecule has 0 fully saturated rings. The van der Waals surface area contributed by atoms with Crippen LogP contribution in [-0.4, -0.2) is 37.8 Å². The lowest BCUT2D eigenvalue weighted by Crippen LogP contribution is -2.38. The van der Waals surface area contributed by atoms with Gasteiger partial charge in [-0.05, 0) is 30.5 Å². The fourth-order valence-corrected chi connectivity index (χ4v) is 3.80. The first-order chi connectivity index (χ1) is 11.6. The molecule has 0 saturated heterocycles. The molecule has 2 aromatic rings. The van der Waals surface area contributed by atoms with E-state index in [0.29, 0.717) is 17.1 Å². The summed E-state index contributed by atoms with van der Waals surface area (Å²) >= 11 is 7.71. The lowest BCUT2D eigenvalue weighted by Gasteiger charge is -2.29. The van der Waals surface area contributed by atoms with Crippen molar-refractivity contribution >= 4 is 23.4 Å². The zero-order valence-electron chi connectivity index (χ0n) is 13.1. The SMILES string of the molecule is CC(Cn1ccc(-c2ccc(C#N)c(Cl)c2)n1)N1C=CS[C@@H]1CO. The third-order valence-electron chi connectivity index (χ3n) is 3.94. The fraction of sp³-hybridized carbons (Fsp3) is 0.294. The summed E-state index contributed by atoms with van der Waals surface area (Å²) in [6, 6.07) is 9.52. The van der Waals surface area contributed by atoms with Crippen LogP contribution in [0.2, 0.25) is 5.02 Å². The van der Waals surface area contributed by atoms with Gasteiger partial charge in [-0.1, -0.05) is 17.7 Å². The molecule has 3 rings (SSSR count). The third-order valence-corrected chi connectivity index (χ3v) is 5.24. The highest BCUT2D eigenvalue weighted by molar-refractivity contribution is 8.02. The number of hydrogen-bond donors (Lipinski definition) is 1. The molecule has 0 spiro atoms. The Morgan fingerprint density at radius 2 is 2.29 bits per heavy atom. The van der Waals surface area contributed by atoms with Gasteiger partial charge in [0.1, 0.15) is 11.4 Å². The summed E-state index contributed by atoms with van der Waals surface area (Å²) in [4.78, 5) is 2.14. The molecule has 2 atom stereocenters. The number of nitriles is 1. The largest absolute Gasteiger partial charge is 0.393 e. The van der Waals surface area contributed by atoms with Crippen molar-refractivity contribution in [3.05, 3.63) is 52.7 Å². The lowest BCUT2D eigenvalue weighted by molar-refractivity contribution is 0.179. The molecule has 5 nitrogen and oxygen atoms in total. The molecule has 1 unspecified atom stereocenters. The van der Waals surface area contributed by atoms with Gasteiger partial charge in [0.05, 0.1) is 29.4 Å². The first-order valence-electron chi connectivity index (χ1n) is 7.56. The average molecular weight is 361 g/mol. The standard InChI is InChI=1S/C17H17ClN4OS/c1-12(22-6-7-24-17(22)11-23)10-21-5-4-16(20-21)13-2-3-14(9-19)15(18)8-13/h2-8,12,17,23H,10-11H2,1H3/t12?,17-/m1/s1. The van der Waals surface area contributed by atoms with Gasteiger partial charge in [0, 0.05) is 24.0 Å². The van der Waals surface area contributed by atoms with E-state index in [1.807, 2.05) is 34.6 Å². The van der Waals surface area contributed by atoms with Crippen molar-refractivity contribution in [3.8, 4) is 17.3 Å². The summed E-state index contributed by atoms with van der Waals surface area (Å²) in [6.45, 7) is 2.94. The zero-order chi connectivity index (χ0) is 17.1. The lowest BCUT2D eigenvalue weighted by atomic mass is 10.1. The average Bonchev–Trinajstić information content (AvgIpc) is 3.23. The van der Waals surface area contributed by atoms with Crippen LogP contribution in [0.3, 0.4) is 0 Å². The number of rotatable bonds is 5. The van der Waals surface area contributed by atoms with Crippen LogP contribution >= 0.6 is 23.4 Å². The Morgan fingerprint density at radius 3 is 3.00 bits per heavy atom. The van der Waals surface area contributed by atoms with Crippen LogP contribution in [0.1, 0.15) is 12.5 Å². The minimum Gasteiger partial charge on any atom is -0.393 e. The smallest absolute Gasteiger partial charge is 0.102 e. The van der Waals surface area contributed by atoms with Crippen LogP contribution in [0, 0.1) is 11.3 Å². The molecule has 1 aromatic carbocycles. The van der Waals surface area contributed by atoms with Crippen molar-refractivity contribution in [2.24, 2.45) is 0 Å². The quantitative estimate of drug-likeness (QED) is 0.886. The molecule has 1 aliphatic rings. The normalized spacial score (nSPS) is 17.9. The molecular weight excluding hydrogens is 344 g/mol. The number of benzene rings is 1. The van der Waals surface area contributed by atoms with E-state index < -0.39 is 0 Å². The molecule has 0 aliphatic carbocycles. The minimum atomic E-state index is 0.0763. The summed E-state index contributed by atoms with van der Waals surface area (Å²) in [7, 11) is 0. The maximum Gasteiger partial charge on any atom is 0.102 e. The Labute approximate surface area is 150 Å². The van der Waals surface area contributed by atoms with Gasteiger partial charge >= 0.3 is 0 Å². The van der Waals surface area contributed by atoms with Gasteiger partial charge in [0.25, 0.3) is 0 Å². The highest BCUT2D eigenvalue weighted by atomic mass is 35.5. The van der Waals surface area contributed by atoms with Crippen LogP contribution in [0.4, 0.5) is 0 Å². The predicted octanol–water partition coefficient (Wildman–Crippen LogP) is 3.30. The van der Waals surface area contributed by atoms with Crippen molar-refractivity contribution < 1.29 is 5.11 Å². The van der Waals surface area contributed by atoms with Gasteiger partial charge < -0.3 is 10.0 Å². The summed E-state index contributed by atoms with van der Waals surface area (Å²) in [6.07, 6.45) is 3.94. The number of aliphatic hydroxyl groups is 1. The van der Waals surface area contributed by atoms with E-state index in [1.165, 1.54) is 0 Å². The van der Waals surface area contributed by atoms with E-state index in [1.54, 1.807) is 23.9 Å². The number of halogens is 1. The number of aliphatic hydroxyl groups excluding tert-OH is 1. The molecule has 1 aliphatic heterocycles. The monoisotopic (exact) mass is 360 g/mol. The zero-order valence-corrected chi connectivity index (χ0v) is 14.7. The van der Waals surface area contributed by atoms with Gasteiger partial charge in [-0.25, -0.2) is 0 Å². The molecule has 7 heteroatoms. The maximum atomic E-state index is 9.41. The second-order valence-electron chi connectivity index (χ2n) is 5.58. The maximum absolute atomic E-state index is 9.41. The van der Waals surface area contributed by atoms with Gasteiger partial charge in [-0.15, -0.1) is 11.8 Å². The Morgan fingerprint density at radius 1 is 1.46 bits per heavy atom. The van der Waals surface area contributed by atoms with E-state index in [-0.39, 0.29) is 18.0 Å². The second kappa shape index (κ2) is 7.31. The molecular formula is C17H17ClN4OS. The summed E-state index contributed by atoms with van der Waals surface area (Å²) < 4.78 is 1.89. The Bertz CT molecular complexity index is 798. The number of thioether (sulfide) groups is 1. The predicted molar refractivity (Wildman–Crippen MR) is 96.3 cm³/mol. The van der Waals surface area contributed by atoms with Gasteiger partial charge in [0.15, 0.2) is 0 Å². The molecule has 1 N–H and O–H groups in total. The van der Waals surface area contributed by atoms with Crippen LogP contribution in [0.25, 0.3) is 11.3 Å². The van der Waals surface area contributed by atoms with E-state index in [4.69, 9.17) is 16.9 Å². The van der Waals surface area contributed by atoms with Crippen LogP contribution < -0.4 is 0 Å². The first kappa shape index (κ1) is 16.9. The molecule has 1 aromatic heterocycles. The molecule has 24 heavy (non-hydrogen) atoms. The first-order valence-corrected chi connectivity index (χ1v) is 8.88. The Hall–Kier alpha value is -1.94. The molecule has 0 amide bonds. The van der Waals surface area contributed by atoms with Crippen molar-refractivity contribution in [2.75, 3.05) is 6.61 Å². The number of aromatic nitrogens is 2. The highest BCUT2D eigenvalue weighted by Crippen LogP contribution is 2.27. The van der Waals surface area contributed by atoms with Crippen molar-refractivity contribution in [2.45, 2.75) is 24.9 Å². The summed E-state index contributed by atoms with van der Waals surface area (Å²) in [5.41, 5.74) is 2.16. The van der Waals surface area contributed by atoms with E-state index in [9.17, 15) is 5.11 Å². The molecule has 0 bridgehead atoms. The number of nitrogens with zero attached hydrogens (tertiary/aromatic N) is 4. The van der Waals surface area contributed by atoms with Crippen molar-refractivity contribution in [3.63, 3.8) is 0 Å². The van der Waals surface area contributed by atoms with Crippen LogP contribution in [0.5, 0.6) is 0 Å². The van der Waals surface area contributed by atoms with Crippen molar-refractivity contribution in [1.82, 2.24) is 14.7 Å². The molecule has 0 radical (unpaired) electrons. The Balaban J connectivity index is 1.73. The third kappa shape index (κ3) is 3.44. The second-order valence-corrected chi connectivity index (χ2v) is 7.08. The highest BCUT2D eigenvalue weighted by Gasteiger charge is 2.24. The van der Waals surface area contributed by atoms with Gasteiger partial charge in [-0.2, -0.15) is 10.4 Å². The fourth-order valence-electron chi connectivity index (χ4n) is 2.68. The number of hydrogen-bond acceptors (Lipinski definition) is 5. The van der Waals surface area contributed by atoms with Crippen LogP contribution in [-0.2, 0) is 6.54 Å². The van der Waals surface area contributed by atoms with Crippen LogP contribution in [0.15, 0.2) is 42.1 Å². The molecule has 124 valence electrons. The van der Waals surface area contributed by atoms with E-state index in [2.05, 4.69) is 23.0 Å². The summed E-state index contributed by atoms with van der Waals surface area (Å²) in [5, 5.41) is 25.5. The van der Waals surface area contributed by atoms with E-state index >= 15 is 0 Å². The minimum absolute atomic E-state index is 0.0763. The molecule has 0 saturated carbocycles. The van der Waals surface area contributed by atoms with E-state index in [0.717, 1.165) is 11.3 Å². The topological polar surface area (TPSA) is 65.1 Å². The van der Waals surface area contributed by atoms with Gasteiger partial charge in [0.2, 0.25) is 0 Å². The summed E-state index contributed by atoms with van der Waals surface area (Å²) in [5.74, 6) is 0. The van der Waals surface area contributed by atoms with Gasteiger partial charge in [-0.3, -0.25) is 4.68 Å². The Kier molecular flexibility index (Phi) is 5.14.